The van der Waals surface area contributed by atoms with Crippen molar-refractivity contribution in [1.29, 1.82) is 0 Å². The van der Waals surface area contributed by atoms with Crippen LogP contribution in [0.2, 0.25) is 5.02 Å². The van der Waals surface area contributed by atoms with Crippen molar-refractivity contribution in [3.8, 4) is 0 Å². The van der Waals surface area contributed by atoms with Crippen molar-refractivity contribution in [3.05, 3.63) is 76.6 Å². The first-order chi connectivity index (χ1) is 15.2. The third kappa shape index (κ3) is 6.32. The van der Waals surface area contributed by atoms with E-state index in [1.165, 1.54) is 30.2 Å². The Bertz CT molecular complexity index is 987. The van der Waals surface area contributed by atoms with Gasteiger partial charge in [0.05, 0.1) is 18.8 Å². The first-order valence-electron chi connectivity index (χ1n) is 10.5. The van der Waals surface area contributed by atoms with Gasteiger partial charge in [-0.3, -0.25) is 9.69 Å². The fourth-order valence-electron chi connectivity index (χ4n) is 3.59. The number of thioether (sulfide) groups is 1. The molecule has 4 rings (SSSR count). The normalized spacial score (nSPS) is 14.1. The van der Waals surface area contributed by atoms with Gasteiger partial charge in [0.1, 0.15) is 5.82 Å². The molecule has 0 atom stereocenters. The quantitative estimate of drug-likeness (QED) is 0.494. The summed E-state index contributed by atoms with van der Waals surface area (Å²) in [6.07, 6.45) is 2.48. The summed E-state index contributed by atoms with van der Waals surface area (Å²) in [7, 11) is 0. The number of rotatable bonds is 9. The number of nitrogens with zero attached hydrogens (tertiary/aromatic N) is 4. The van der Waals surface area contributed by atoms with Gasteiger partial charge in [0.2, 0.25) is 5.91 Å². The first-order valence-corrected chi connectivity index (χ1v) is 11.9. The van der Waals surface area contributed by atoms with Gasteiger partial charge in [-0.2, -0.15) is 0 Å². The van der Waals surface area contributed by atoms with E-state index in [-0.39, 0.29) is 5.91 Å². The molecule has 1 aliphatic heterocycles. The van der Waals surface area contributed by atoms with E-state index in [1.54, 1.807) is 0 Å². The number of benzene rings is 2. The number of halogens is 1. The molecule has 31 heavy (non-hydrogen) atoms. The molecule has 0 spiro atoms. The van der Waals surface area contributed by atoms with Crippen LogP contribution < -0.4 is 5.32 Å². The SMILES string of the molecule is O=C(CSc1nnc(CN2CCCC2)n1Cc1ccccc1)NCc1ccc(Cl)cc1. The molecule has 8 heteroatoms. The predicted molar refractivity (Wildman–Crippen MR) is 124 cm³/mol. The molecule has 2 aromatic carbocycles. The van der Waals surface area contributed by atoms with Crippen LogP contribution in [-0.4, -0.2) is 44.4 Å². The molecule has 3 aromatic rings. The Morgan fingerprint density at radius 1 is 0.968 bits per heavy atom. The molecule has 0 radical (unpaired) electrons. The molecule has 1 aromatic heterocycles. The fourth-order valence-corrected chi connectivity index (χ4v) is 4.50. The molecule has 1 saturated heterocycles. The van der Waals surface area contributed by atoms with Crippen LogP contribution in [0.25, 0.3) is 0 Å². The number of hydrogen-bond donors (Lipinski definition) is 1. The van der Waals surface area contributed by atoms with Crippen LogP contribution in [-0.2, 0) is 24.4 Å². The summed E-state index contributed by atoms with van der Waals surface area (Å²) in [5.74, 6) is 1.22. The van der Waals surface area contributed by atoms with E-state index < -0.39 is 0 Å². The van der Waals surface area contributed by atoms with Gasteiger partial charge in [-0.15, -0.1) is 10.2 Å². The molecule has 162 valence electrons. The minimum absolute atomic E-state index is 0.0321. The Morgan fingerprint density at radius 2 is 1.71 bits per heavy atom. The van der Waals surface area contributed by atoms with E-state index in [0.29, 0.717) is 23.9 Å². The van der Waals surface area contributed by atoms with Crippen LogP contribution in [0.15, 0.2) is 59.8 Å². The summed E-state index contributed by atoms with van der Waals surface area (Å²) in [5, 5.41) is 13.3. The molecule has 0 saturated carbocycles. The Hall–Kier alpha value is -2.35. The van der Waals surface area contributed by atoms with Crippen molar-refractivity contribution in [3.63, 3.8) is 0 Å². The molecule has 1 aliphatic rings. The molecule has 1 amide bonds. The number of likely N-dealkylation sites (tertiary alicyclic amines) is 1. The highest BCUT2D eigenvalue weighted by molar-refractivity contribution is 7.99. The molecular weight excluding hydrogens is 430 g/mol. The number of aromatic nitrogens is 3. The number of carbonyl (C=O) groups excluding carboxylic acids is 1. The Morgan fingerprint density at radius 3 is 2.45 bits per heavy atom. The lowest BCUT2D eigenvalue weighted by Gasteiger charge is -2.16. The summed E-state index contributed by atoms with van der Waals surface area (Å²) in [4.78, 5) is 14.8. The number of nitrogens with one attached hydrogen (secondary N) is 1. The molecular formula is C23H26ClN5OS. The van der Waals surface area contributed by atoms with E-state index in [2.05, 4.69) is 37.1 Å². The minimum Gasteiger partial charge on any atom is -0.351 e. The number of carbonyl (C=O) groups is 1. The zero-order valence-electron chi connectivity index (χ0n) is 17.3. The van der Waals surface area contributed by atoms with Crippen LogP contribution in [0.4, 0.5) is 0 Å². The second-order valence-electron chi connectivity index (χ2n) is 7.65. The van der Waals surface area contributed by atoms with Crippen LogP contribution >= 0.6 is 23.4 Å². The largest absolute Gasteiger partial charge is 0.351 e. The molecule has 1 fully saturated rings. The Balaban J connectivity index is 1.39. The first kappa shape index (κ1) is 21.9. The lowest BCUT2D eigenvalue weighted by atomic mass is 10.2. The maximum Gasteiger partial charge on any atom is 0.230 e. The van der Waals surface area contributed by atoms with Crippen LogP contribution in [0, 0.1) is 0 Å². The van der Waals surface area contributed by atoms with E-state index in [1.807, 2.05) is 42.5 Å². The fraction of sp³-hybridized carbons (Fsp3) is 0.348. The maximum absolute atomic E-state index is 12.4. The number of hydrogen-bond acceptors (Lipinski definition) is 5. The average molecular weight is 456 g/mol. The van der Waals surface area contributed by atoms with Gasteiger partial charge in [0.25, 0.3) is 0 Å². The van der Waals surface area contributed by atoms with Crippen molar-refractivity contribution in [2.75, 3.05) is 18.8 Å². The summed E-state index contributed by atoms with van der Waals surface area (Å²) >= 11 is 7.34. The third-order valence-corrected chi connectivity index (χ3v) is 6.49. The van der Waals surface area contributed by atoms with Gasteiger partial charge < -0.3 is 9.88 Å². The van der Waals surface area contributed by atoms with Crippen molar-refractivity contribution in [1.82, 2.24) is 25.0 Å². The summed E-state index contributed by atoms with van der Waals surface area (Å²) in [6.45, 7) is 4.18. The third-order valence-electron chi connectivity index (χ3n) is 5.28. The van der Waals surface area contributed by atoms with Crippen LogP contribution in [0.5, 0.6) is 0 Å². The molecule has 1 N–H and O–H groups in total. The molecule has 0 unspecified atom stereocenters. The highest BCUT2D eigenvalue weighted by Crippen LogP contribution is 2.21. The van der Waals surface area contributed by atoms with Gasteiger partial charge in [-0.05, 0) is 49.2 Å². The summed E-state index contributed by atoms with van der Waals surface area (Å²) in [6, 6.07) is 17.8. The second-order valence-corrected chi connectivity index (χ2v) is 9.02. The van der Waals surface area contributed by atoms with E-state index in [4.69, 9.17) is 11.6 Å². The molecule has 2 heterocycles. The Labute approximate surface area is 192 Å². The molecule has 0 aliphatic carbocycles. The topological polar surface area (TPSA) is 63.1 Å². The molecule has 0 bridgehead atoms. The van der Waals surface area contributed by atoms with Gasteiger partial charge in [-0.25, -0.2) is 0 Å². The lowest BCUT2D eigenvalue weighted by molar-refractivity contribution is -0.118. The van der Waals surface area contributed by atoms with Crippen LogP contribution in [0.1, 0.15) is 29.8 Å². The predicted octanol–water partition coefficient (Wildman–Crippen LogP) is 3.98. The molecule has 6 nitrogen and oxygen atoms in total. The van der Waals surface area contributed by atoms with Gasteiger partial charge >= 0.3 is 0 Å². The van der Waals surface area contributed by atoms with E-state index >= 15 is 0 Å². The lowest BCUT2D eigenvalue weighted by Crippen LogP contribution is -2.25. The number of amides is 1. The van der Waals surface area contributed by atoms with Crippen molar-refractivity contribution in [2.45, 2.75) is 37.6 Å². The van der Waals surface area contributed by atoms with Crippen molar-refractivity contribution >= 4 is 29.3 Å². The van der Waals surface area contributed by atoms with Crippen LogP contribution in [0.3, 0.4) is 0 Å². The minimum atomic E-state index is -0.0321. The zero-order valence-corrected chi connectivity index (χ0v) is 18.9. The van der Waals surface area contributed by atoms with Crippen molar-refractivity contribution < 1.29 is 4.79 Å². The van der Waals surface area contributed by atoms with E-state index in [9.17, 15) is 4.79 Å². The average Bonchev–Trinajstić information content (AvgIpc) is 3.43. The zero-order chi connectivity index (χ0) is 21.5. The maximum atomic E-state index is 12.4. The Kier molecular flexibility index (Phi) is 7.61. The summed E-state index contributed by atoms with van der Waals surface area (Å²) < 4.78 is 2.14. The monoisotopic (exact) mass is 455 g/mol. The van der Waals surface area contributed by atoms with Gasteiger partial charge in [0, 0.05) is 11.6 Å². The standard InChI is InChI=1S/C23H26ClN5OS/c24-20-10-8-18(9-11-20)14-25-22(30)17-31-23-27-26-21(16-28-12-4-5-13-28)29(23)15-19-6-2-1-3-7-19/h1-3,6-11H,4-5,12-17H2,(H,25,30). The van der Waals surface area contributed by atoms with Crippen molar-refractivity contribution in [2.24, 2.45) is 0 Å². The smallest absolute Gasteiger partial charge is 0.230 e. The van der Waals surface area contributed by atoms with Gasteiger partial charge in [0.15, 0.2) is 5.16 Å². The highest BCUT2D eigenvalue weighted by atomic mass is 35.5. The second kappa shape index (κ2) is 10.8. The van der Waals surface area contributed by atoms with E-state index in [0.717, 1.165) is 36.2 Å². The summed E-state index contributed by atoms with van der Waals surface area (Å²) in [5.41, 5.74) is 2.21. The van der Waals surface area contributed by atoms with Gasteiger partial charge in [-0.1, -0.05) is 65.8 Å². The highest BCUT2D eigenvalue weighted by Gasteiger charge is 2.19.